The summed E-state index contributed by atoms with van der Waals surface area (Å²) in [7, 11) is 0. The highest BCUT2D eigenvalue weighted by Gasteiger charge is 2.22. The van der Waals surface area contributed by atoms with E-state index in [1.54, 1.807) is 0 Å². The second-order valence-electron chi connectivity index (χ2n) is 4.80. The van der Waals surface area contributed by atoms with E-state index in [1.807, 2.05) is 12.3 Å². The van der Waals surface area contributed by atoms with Gasteiger partial charge >= 0.3 is 0 Å². The first kappa shape index (κ1) is 11.7. The SMILES string of the molecule is NC(=O)Cc1cc2c(Br)cn(C3CCC3)c2cn1. The molecular weight excluding hydrogens is 294 g/mol. The summed E-state index contributed by atoms with van der Waals surface area (Å²) in [6.07, 6.45) is 7.92. The predicted molar refractivity (Wildman–Crippen MR) is 73.2 cm³/mol. The number of rotatable bonds is 3. The Morgan fingerprint density at radius 3 is 2.94 bits per heavy atom. The maximum absolute atomic E-state index is 10.9. The Morgan fingerprint density at radius 1 is 1.56 bits per heavy atom. The van der Waals surface area contributed by atoms with Crippen LogP contribution in [0, 0.1) is 0 Å². The second kappa shape index (κ2) is 4.39. The molecule has 18 heavy (non-hydrogen) atoms. The summed E-state index contributed by atoms with van der Waals surface area (Å²) < 4.78 is 3.33. The molecule has 2 aromatic heterocycles. The topological polar surface area (TPSA) is 60.9 Å². The van der Waals surface area contributed by atoms with Crippen molar-refractivity contribution in [3.8, 4) is 0 Å². The Labute approximate surface area is 113 Å². The van der Waals surface area contributed by atoms with Gasteiger partial charge in [-0.3, -0.25) is 9.78 Å². The van der Waals surface area contributed by atoms with Crippen LogP contribution in [0.4, 0.5) is 0 Å². The van der Waals surface area contributed by atoms with Gasteiger partial charge in [0.2, 0.25) is 5.91 Å². The molecule has 0 saturated heterocycles. The molecule has 0 aliphatic heterocycles. The number of nitrogens with two attached hydrogens (primary N) is 1. The molecule has 0 unspecified atom stereocenters. The number of hydrogen-bond donors (Lipinski definition) is 1. The summed E-state index contributed by atoms with van der Waals surface area (Å²) in [5.74, 6) is -0.351. The number of fused-ring (bicyclic) bond motifs is 1. The number of aromatic nitrogens is 2. The van der Waals surface area contributed by atoms with Crippen LogP contribution in [-0.2, 0) is 11.2 Å². The maximum atomic E-state index is 10.9. The largest absolute Gasteiger partial charge is 0.369 e. The molecule has 0 radical (unpaired) electrons. The van der Waals surface area contributed by atoms with Gasteiger partial charge in [-0.05, 0) is 41.3 Å². The fraction of sp³-hybridized carbons (Fsp3) is 0.385. The van der Waals surface area contributed by atoms with Crippen molar-refractivity contribution in [1.29, 1.82) is 0 Å². The molecule has 0 spiro atoms. The zero-order valence-electron chi connectivity index (χ0n) is 9.90. The Hall–Kier alpha value is -1.36. The van der Waals surface area contributed by atoms with Crippen LogP contribution in [0.1, 0.15) is 31.0 Å². The lowest BCUT2D eigenvalue weighted by atomic mass is 9.93. The minimum Gasteiger partial charge on any atom is -0.369 e. The quantitative estimate of drug-likeness (QED) is 0.947. The summed E-state index contributed by atoms with van der Waals surface area (Å²) in [5.41, 5.74) is 7.04. The van der Waals surface area contributed by atoms with Gasteiger partial charge in [0.1, 0.15) is 0 Å². The van der Waals surface area contributed by atoms with E-state index in [9.17, 15) is 4.79 Å². The zero-order valence-corrected chi connectivity index (χ0v) is 11.5. The van der Waals surface area contributed by atoms with Gasteiger partial charge in [0.25, 0.3) is 0 Å². The van der Waals surface area contributed by atoms with Crippen molar-refractivity contribution >= 4 is 32.7 Å². The van der Waals surface area contributed by atoms with Crippen LogP contribution in [0.5, 0.6) is 0 Å². The van der Waals surface area contributed by atoms with Crippen LogP contribution < -0.4 is 5.73 Å². The minimum absolute atomic E-state index is 0.191. The molecule has 0 aromatic carbocycles. The number of hydrogen-bond acceptors (Lipinski definition) is 2. The number of carbonyl (C=O) groups is 1. The van der Waals surface area contributed by atoms with Crippen LogP contribution in [0.2, 0.25) is 0 Å². The number of carbonyl (C=O) groups excluding carboxylic acids is 1. The maximum Gasteiger partial charge on any atom is 0.223 e. The fourth-order valence-electron chi connectivity index (χ4n) is 2.39. The molecule has 5 heteroatoms. The van der Waals surface area contributed by atoms with Crippen LogP contribution in [0.3, 0.4) is 0 Å². The highest BCUT2D eigenvalue weighted by molar-refractivity contribution is 9.10. The summed E-state index contributed by atoms with van der Waals surface area (Å²) >= 11 is 3.57. The van der Waals surface area contributed by atoms with E-state index >= 15 is 0 Å². The summed E-state index contributed by atoms with van der Waals surface area (Å²) in [6.45, 7) is 0. The van der Waals surface area contributed by atoms with Crippen LogP contribution in [0.15, 0.2) is 22.9 Å². The first-order chi connectivity index (χ1) is 8.65. The lowest BCUT2D eigenvalue weighted by Crippen LogP contribution is -2.16. The normalized spacial score (nSPS) is 15.8. The molecule has 0 bridgehead atoms. The molecule has 2 heterocycles. The van der Waals surface area contributed by atoms with E-state index < -0.39 is 0 Å². The molecule has 1 aliphatic rings. The van der Waals surface area contributed by atoms with Gasteiger partial charge in [-0.1, -0.05) is 0 Å². The molecule has 4 nitrogen and oxygen atoms in total. The smallest absolute Gasteiger partial charge is 0.223 e. The van der Waals surface area contributed by atoms with Gasteiger partial charge in [-0.2, -0.15) is 0 Å². The standard InChI is InChI=1S/C13H14BrN3O/c14-11-7-17(9-2-1-3-9)12-6-16-8(4-10(11)12)5-13(15)18/h4,6-7,9H,1-3,5H2,(H2,15,18). The summed E-state index contributed by atoms with van der Waals surface area (Å²) in [5, 5.41) is 1.10. The highest BCUT2D eigenvalue weighted by atomic mass is 79.9. The summed E-state index contributed by atoms with van der Waals surface area (Å²) in [4.78, 5) is 15.2. The van der Waals surface area contributed by atoms with Gasteiger partial charge in [0.05, 0.1) is 23.8 Å². The first-order valence-electron chi connectivity index (χ1n) is 6.08. The van der Waals surface area contributed by atoms with Gasteiger partial charge in [0, 0.05) is 22.1 Å². The molecule has 94 valence electrons. The molecule has 1 saturated carbocycles. The number of primary amides is 1. The number of amides is 1. The van der Waals surface area contributed by atoms with Crippen molar-refractivity contribution in [2.75, 3.05) is 0 Å². The van der Waals surface area contributed by atoms with E-state index in [4.69, 9.17) is 5.73 Å². The van der Waals surface area contributed by atoms with Crippen molar-refractivity contribution in [2.24, 2.45) is 5.73 Å². The molecule has 2 aromatic rings. The van der Waals surface area contributed by atoms with Gasteiger partial charge in [0.15, 0.2) is 0 Å². The Kier molecular flexibility index (Phi) is 2.86. The summed E-state index contributed by atoms with van der Waals surface area (Å²) in [6, 6.07) is 2.54. The Bertz CT molecular complexity index is 616. The molecule has 3 rings (SSSR count). The lowest BCUT2D eigenvalue weighted by molar-refractivity contribution is -0.117. The number of halogens is 1. The van der Waals surface area contributed by atoms with Crippen molar-refractivity contribution in [3.05, 3.63) is 28.6 Å². The van der Waals surface area contributed by atoms with Crippen LogP contribution in [-0.4, -0.2) is 15.5 Å². The van der Waals surface area contributed by atoms with E-state index in [2.05, 4.69) is 31.7 Å². The number of nitrogens with zero attached hydrogens (tertiary/aromatic N) is 2. The Morgan fingerprint density at radius 2 is 2.33 bits per heavy atom. The third kappa shape index (κ3) is 1.92. The second-order valence-corrected chi connectivity index (χ2v) is 5.66. The lowest BCUT2D eigenvalue weighted by Gasteiger charge is -2.27. The third-order valence-electron chi connectivity index (χ3n) is 3.55. The average Bonchev–Trinajstić information content (AvgIpc) is 2.53. The van der Waals surface area contributed by atoms with Crippen LogP contribution >= 0.6 is 15.9 Å². The average molecular weight is 308 g/mol. The van der Waals surface area contributed by atoms with Crippen LogP contribution in [0.25, 0.3) is 10.9 Å². The zero-order chi connectivity index (χ0) is 12.7. The van der Waals surface area contributed by atoms with Gasteiger partial charge < -0.3 is 10.3 Å². The van der Waals surface area contributed by atoms with Gasteiger partial charge in [-0.25, -0.2) is 0 Å². The van der Waals surface area contributed by atoms with Crippen molar-refractivity contribution in [1.82, 2.24) is 9.55 Å². The van der Waals surface area contributed by atoms with Crippen molar-refractivity contribution in [3.63, 3.8) is 0 Å². The molecule has 1 fully saturated rings. The molecule has 1 aliphatic carbocycles. The Balaban J connectivity index is 2.06. The van der Waals surface area contributed by atoms with Crippen molar-refractivity contribution in [2.45, 2.75) is 31.7 Å². The monoisotopic (exact) mass is 307 g/mol. The highest BCUT2D eigenvalue weighted by Crippen LogP contribution is 2.37. The number of pyridine rings is 1. The molecular formula is C13H14BrN3O. The van der Waals surface area contributed by atoms with E-state index in [0.29, 0.717) is 6.04 Å². The predicted octanol–water partition coefficient (Wildman–Crippen LogP) is 2.55. The third-order valence-corrected chi connectivity index (χ3v) is 4.18. The van der Waals surface area contributed by atoms with E-state index in [0.717, 1.165) is 21.1 Å². The molecule has 2 N–H and O–H groups in total. The molecule has 1 amide bonds. The first-order valence-corrected chi connectivity index (χ1v) is 6.87. The minimum atomic E-state index is -0.351. The fourth-order valence-corrected chi connectivity index (χ4v) is 2.93. The van der Waals surface area contributed by atoms with E-state index in [-0.39, 0.29) is 12.3 Å². The van der Waals surface area contributed by atoms with Crippen molar-refractivity contribution < 1.29 is 4.79 Å². The van der Waals surface area contributed by atoms with Gasteiger partial charge in [-0.15, -0.1) is 0 Å². The molecule has 0 atom stereocenters. The van der Waals surface area contributed by atoms with E-state index in [1.165, 1.54) is 19.3 Å².